The summed E-state index contributed by atoms with van der Waals surface area (Å²) in [4.78, 5) is 10.2. The highest BCUT2D eigenvalue weighted by Gasteiger charge is 2.26. The summed E-state index contributed by atoms with van der Waals surface area (Å²) in [5.41, 5.74) is 2.12. The molecule has 0 amide bonds. The molecule has 0 aliphatic heterocycles. The van der Waals surface area contributed by atoms with Gasteiger partial charge >= 0.3 is 0 Å². The number of ether oxygens (including phenoxy) is 1. The maximum Gasteiger partial charge on any atom is 0.290 e. The largest absolute Gasteiger partial charge is 0.372 e. The van der Waals surface area contributed by atoms with Crippen molar-refractivity contribution >= 4 is 31.6 Å². The lowest BCUT2D eigenvalue weighted by Crippen LogP contribution is -2.24. The standard InChI is InChI=1S/C21H19BrN2O5S/c22-19-10-11-21(20(12-19)24(25)26)30(27,28)23-13-17-8-4-5-9-18(17)15-29-14-16-6-2-1-3-7-16/h1-12,23H,13-15H2. The van der Waals surface area contributed by atoms with Crippen molar-refractivity contribution in [1.82, 2.24) is 4.72 Å². The molecular formula is C21H19BrN2O5S. The summed E-state index contributed by atoms with van der Waals surface area (Å²) in [6, 6.07) is 20.8. The number of nitro groups is 1. The van der Waals surface area contributed by atoms with Crippen LogP contribution in [-0.4, -0.2) is 13.3 Å². The zero-order valence-corrected chi connectivity index (χ0v) is 18.2. The first-order chi connectivity index (χ1) is 14.4. The van der Waals surface area contributed by atoms with Crippen molar-refractivity contribution in [2.75, 3.05) is 0 Å². The highest BCUT2D eigenvalue weighted by molar-refractivity contribution is 9.10. The van der Waals surface area contributed by atoms with Gasteiger partial charge in [0.05, 0.1) is 18.1 Å². The van der Waals surface area contributed by atoms with Crippen molar-refractivity contribution < 1.29 is 18.1 Å². The van der Waals surface area contributed by atoms with E-state index in [0.717, 1.165) is 16.7 Å². The number of benzene rings is 3. The molecule has 0 bridgehead atoms. The molecule has 0 spiro atoms. The molecule has 0 atom stereocenters. The number of nitrogens with zero attached hydrogens (tertiary/aromatic N) is 1. The third kappa shape index (κ3) is 5.73. The molecule has 7 nitrogen and oxygen atoms in total. The van der Waals surface area contributed by atoms with Crippen LogP contribution in [-0.2, 0) is 34.5 Å². The lowest BCUT2D eigenvalue weighted by atomic mass is 10.1. The Hall–Kier alpha value is -2.59. The van der Waals surface area contributed by atoms with Crippen molar-refractivity contribution in [3.63, 3.8) is 0 Å². The van der Waals surface area contributed by atoms with Crippen molar-refractivity contribution in [2.45, 2.75) is 24.7 Å². The van der Waals surface area contributed by atoms with Gasteiger partial charge in [0.15, 0.2) is 4.90 Å². The van der Waals surface area contributed by atoms with Gasteiger partial charge in [0.25, 0.3) is 5.69 Å². The Morgan fingerprint density at radius 1 is 0.933 bits per heavy atom. The quantitative estimate of drug-likeness (QED) is 0.350. The van der Waals surface area contributed by atoms with Crippen LogP contribution in [0.3, 0.4) is 0 Å². The number of hydrogen-bond acceptors (Lipinski definition) is 5. The molecule has 0 saturated carbocycles. The summed E-state index contributed by atoms with van der Waals surface area (Å²) in [6.07, 6.45) is 0. The first kappa shape index (κ1) is 22.1. The molecule has 0 aromatic heterocycles. The van der Waals surface area contributed by atoms with E-state index in [9.17, 15) is 18.5 Å². The molecule has 0 fully saturated rings. The lowest BCUT2D eigenvalue weighted by Gasteiger charge is -2.12. The predicted octanol–water partition coefficient (Wildman–Crippen LogP) is 4.55. The molecule has 3 rings (SSSR count). The van der Waals surface area contributed by atoms with Crippen molar-refractivity contribution in [2.24, 2.45) is 0 Å². The van der Waals surface area contributed by atoms with E-state index in [2.05, 4.69) is 20.7 Å². The van der Waals surface area contributed by atoms with E-state index >= 15 is 0 Å². The average Bonchev–Trinajstić information content (AvgIpc) is 2.73. The molecular weight excluding hydrogens is 472 g/mol. The topological polar surface area (TPSA) is 98.5 Å². The molecule has 0 saturated heterocycles. The van der Waals surface area contributed by atoms with E-state index < -0.39 is 20.6 Å². The first-order valence-corrected chi connectivity index (χ1v) is 11.3. The van der Waals surface area contributed by atoms with E-state index in [-0.39, 0.29) is 11.4 Å². The van der Waals surface area contributed by atoms with E-state index in [1.54, 1.807) is 12.1 Å². The average molecular weight is 491 g/mol. The van der Waals surface area contributed by atoms with Crippen LogP contribution in [0.5, 0.6) is 0 Å². The van der Waals surface area contributed by atoms with Gasteiger partial charge in [-0.25, -0.2) is 13.1 Å². The van der Waals surface area contributed by atoms with Gasteiger partial charge < -0.3 is 4.74 Å². The maximum atomic E-state index is 12.7. The fourth-order valence-corrected chi connectivity index (χ4v) is 4.34. The minimum atomic E-state index is -4.08. The van der Waals surface area contributed by atoms with Crippen LogP contribution in [0.15, 0.2) is 82.2 Å². The number of hydrogen-bond donors (Lipinski definition) is 1. The number of sulfonamides is 1. The summed E-state index contributed by atoms with van der Waals surface area (Å²) in [5, 5.41) is 11.3. The highest BCUT2D eigenvalue weighted by atomic mass is 79.9. The molecule has 0 unspecified atom stereocenters. The molecule has 156 valence electrons. The van der Waals surface area contributed by atoms with E-state index in [4.69, 9.17) is 4.74 Å². The van der Waals surface area contributed by atoms with Crippen molar-refractivity contribution in [3.8, 4) is 0 Å². The van der Waals surface area contributed by atoms with Gasteiger partial charge in [-0.2, -0.15) is 0 Å². The molecule has 0 radical (unpaired) electrons. The molecule has 9 heteroatoms. The Balaban J connectivity index is 1.71. The highest BCUT2D eigenvalue weighted by Crippen LogP contribution is 2.27. The minimum absolute atomic E-state index is 0.0135. The van der Waals surface area contributed by atoms with Gasteiger partial charge in [0.1, 0.15) is 0 Å². The van der Waals surface area contributed by atoms with Gasteiger partial charge in [-0.3, -0.25) is 10.1 Å². The molecule has 0 aliphatic carbocycles. The number of halogens is 1. The van der Waals surface area contributed by atoms with Crippen LogP contribution in [0.25, 0.3) is 0 Å². The maximum absolute atomic E-state index is 12.7. The monoisotopic (exact) mass is 490 g/mol. The normalized spacial score (nSPS) is 11.4. The second-order valence-electron chi connectivity index (χ2n) is 6.44. The third-order valence-corrected chi connectivity index (χ3v) is 6.29. The molecule has 0 heterocycles. The van der Waals surface area contributed by atoms with Crippen LogP contribution in [0, 0.1) is 10.1 Å². The number of nitrogens with one attached hydrogen (secondary N) is 1. The van der Waals surface area contributed by atoms with Gasteiger partial charge in [-0.05, 0) is 28.8 Å². The van der Waals surface area contributed by atoms with Crippen LogP contribution in [0.4, 0.5) is 5.69 Å². The van der Waals surface area contributed by atoms with Crippen LogP contribution in [0.1, 0.15) is 16.7 Å². The zero-order valence-electron chi connectivity index (χ0n) is 15.8. The SMILES string of the molecule is O=[N+]([O-])c1cc(Br)ccc1S(=O)(=O)NCc1ccccc1COCc1ccccc1. The third-order valence-electron chi connectivity index (χ3n) is 4.35. The fourth-order valence-electron chi connectivity index (χ4n) is 2.83. The van der Waals surface area contributed by atoms with Crippen LogP contribution < -0.4 is 4.72 Å². The summed E-state index contributed by atoms with van der Waals surface area (Å²) >= 11 is 3.12. The van der Waals surface area contributed by atoms with Gasteiger partial charge in [-0.1, -0.05) is 70.5 Å². The Morgan fingerprint density at radius 3 is 2.30 bits per heavy atom. The molecule has 1 N–H and O–H groups in total. The molecule has 0 aliphatic rings. The van der Waals surface area contributed by atoms with E-state index in [1.807, 2.05) is 42.5 Å². The summed E-state index contributed by atoms with van der Waals surface area (Å²) in [7, 11) is -4.08. The smallest absolute Gasteiger partial charge is 0.290 e. The Bertz CT molecular complexity index is 1140. The Morgan fingerprint density at radius 2 is 1.60 bits per heavy atom. The number of nitro benzene ring substituents is 1. The van der Waals surface area contributed by atoms with Gasteiger partial charge in [0, 0.05) is 17.1 Å². The molecule has 3 aromatic rings. The Kier molecular flexibility index (Phi) is 7.33. The minimum Gasteiger partial charge on any atom is -0.372 e. The van der Waals surface area contributed by atoms with Gasteiger partial charge in [0.2, 0.25) is 10.0 Å². The van der Waals surface area contributed by atoms with Gasteiger partial charge in [-0.15, -0.1) is 0 Å². The van der Waals surface area contributed by atoms with Crippen molar-refractivity contribution in [3.05, 3.63) is 104 Å². The predicted molar refractivity (Wildman–Crippen MR) is 116 cm³/mol. The lowest BCUT2D eigenvalue weighted by molar-refractivity contribution is -0.387. The van der Waals surface area contributed by atoms with Crippen LogP contribution >= 0.6 is 15.9 Å². The first-order valence-electron chi connectivity index (χ1n) is 8.99. The Labute approximate surface area is 183 Å². The second kappa shape index (κ2) is 9.94. The zero-order chi connectivity index (χ0) is 21.6. The van der Waals surface area contributed by atoms with E-state index in [1.165, 1.54) is 18.2 Å². The van der Waals surface area contributed by atoms with E-state index in [0.29, 0.717) is 17.7 Å². The fraction of sp³-hybridized carbons (Fsp3) is 0.143. The number of rotatable bonds is 9. The summed E-state index contributed by atoms with van der Waals surface area (Å²) in [5.74, 6) is 0. The van der Waals surface area contributed by atoms with Crippen molar-refractivity contribution in [1.29, 1.82) is 0 Å². The summed E-state index contributed by atoms with van der Waals surface area (Å²) < 4.78 is 34.0. The molecule has 30 heavy (non-hydrogen) atoms. The molecule has 3 aromatic carbocycles. The summed E-state index contributed by atoms with van der Waals surface area (Å²) in [6.45, 7) is 0.734. The second-order valence-corrected chi connectivity index (χ2v) is 9.09. The van der Waals surface area contributed by atoms with Crippen LogP contribution in [0.2, 0.25) is 0 Å².